The fourth-order valence-electron chi connectivity index (χ4n) is 4.85. The molecule has 0 atom stereocenters. The Morgan fingerprint density at radius 2 is 1.91 bits per heavy atom. The predicted molar refractivity (Wildman–Crippen MR) is 116 cm³/mol. The minimum atomic E-state index is -2.96. The number of ether oxygens (including phenoxy) is 1. The summed E-state index contributed by atoms with van der Waals surface area (Å²) in [5.74, 6) is 0.428. The minimum absolute atomic E-state index is 0.0173. The third-order valence-electron chi connectivity index (χ3n) is 6.58. The van der Waals surface area contributed by atoms with Crippen LogP contribution < -0.4 is 9.64 Å². The number of fused-ring (bicyclic) bond motifs is 1. The second kappa shape index (κ2) is 9.27. The minimum Gasteiger partial charge on any atom is -0.417 e. The lowest BCUT2D eigenvalue weighted by molar-refractivity contribution is -0.128. The van der Waals surface area contributed by atoms with Crippen LogP contribution in [0.2, 0.25) is 0 Å². The molecule has 13 heteroatoms. The summed E-state index contributed by atoms with van der Waals surface area (Å²) in [4.78, 5) is 29.1. The van der Waals surface area contributed by atoms with Crippen molar-refractivity contribution < 1.29 is 27.1 Å². The first kappa shape index (κ1) is 23.2. The average Bonchev–Trinajstić information content (AvgIpc) is 3.33. The molecule has 3 aromatic rings. The van der Waals surface area contributed by atoms with Gasteiger partial charge in [0, 0.05) is 50.3 Å². The van der Waals surface area contributed by atoms with Gasteiger partial charge in [-0.1, -0.05) is 0 Å². The molecule has 1 amide bonds. The zero-order valence-corrected chi connectivity index (χ0v) is 18.7. The van der Waals surface area contributed by atoms with E-state index in [1.54, 1.807) is 17.2 Å². The van der Waals surface area contributed by atoms with Crippen LogP contribution in [0.1, 0.15) is 24.8 Å². The lowest BCUT2D eigenvalue weighted by atomic mass is 9.77. The zero-order chi connectivity index (χ0) is 24.6. The number of pyridine rings is 1. The molecule has 35 heavy (non-hydrogen) atoms. The summed E-state index contributed by atoms with van der Waals surface area (Å²) in [6.07, 6.45) is 3.79. The number of rotatable bonds is 7. The maximum atomic E-state index is 12.8. The molecule has 2 fully saturated rings. The van der Waals surface area contributed by atoms with Crippen LogP contribution in [0.25, 0.3) is 11.2 Å². The number of alkyl halides is 4. The molecule has 0 radical (unpaired) electrons. The van der Waals surface area contributed by atoms with Crippen LogP contribution in [0.4, 0.5) is 23.4 Å². The molecule has 2 saturated heterocycles. The fourth-order valence-corrected chi connectivity index (χ4v) is 4.85. The maximum absolute atomic E-state index is 12.8. The van der Waals surface area contributed by atoms with Gasteiger partial charge in [-0.2, -0.15) is 13.9 Å². The molecule has 5 heterocycles. The van der Waals surface area contributed by atoms with Crippen LogP contribution in [0.15, 0.2) is 30.7 Å². The number of hydrogen-bond donors (Lipinski definition) is 0. The van der Waals surface area contributed by atoms with Gasteiger partial charge in [0.15, 0.2) is 5.65 Å². The highest BCUT2D eigenvalue weighted by Gasteiger charge is 2.45. The Labute approximate surface area is 197 Å². The molecule has 0 saturated carbocycles. The van der Waals surface area contributed by atoms with Gasteiger partial charge >= 0.3 is 6.61 Å². The van der Waals surface area contributed by atoms with Crippen LogP contribution in [0.3, 0.4) is 0 Å². The standard InChI is InChI=1S/C22H23F4N7O2/c23-16(24)12-33-20-15(9-29-33)28-10-17(30-20)31-5-2-22(3-6-31)8-19(34)32(13-22)11-14-1-4-27-18(7-14)35-21(25)26/h1,4,7,9-10,16,21H,2-3,5-6,8,11-13H2. The van der Waals surface area contributed by atoms with E-state index in [0.29, 0.717) is 55.1 Å². The quantitative estimate of drug-likeness (QED) is 0.468. The van der Waals surface area contributed by atoms with Crippen molar-refractivity contribution in [3.8, 4) is 5.88 Å². The van der Waals surface area contributed by atoms with E-state index < -0.39 is 19.6 Å². The van der Waals surface area contributed by atoms with Crippen molar-refractivity contribution in [2.24, 2.45) is 5.41 Å². The first-order valence-corrected chi connectivity index (χ1v) is 11.2. The van der Waals surface area contributed by atoms with Crippen LogP contribution >= 0.6 is 0 Å². The van der Waals surface area contributed by atoms with Gasteiger partial charge in [-0.3, -0.25) is 4.79 Å². The highest BCUT2D eigenvalue weighted by atomic mass is 19.3. The summed E-state index contributed by atoms with van der Waals surface area (Å²) in [7, 11) is 0. The molecule has 9 nitrogen and oxygen atoms in total. The smallest absolute Gasteiger partial charge is 0.388 e. The molecule has 0 unspecified atom stereocenters. The number of likely N-dealkylation sites (tertiary alicyclic amines) is 1. The molecule has 0 N–H and O–H groups in total. The molecular formula is C22H23F4N7O2. The lowest BCUT2D eigenvalue weighted by Crippen LogP contribution is -2.42. The van der Waals surface area contributed by atoms with Crippen molar-refractivity contribution >= 4 is 22.9 Å². The molecular weight excluding hydrogens is 470 g/mol. The van der Waals surface area contributed by atoms with Crippen molar-refractivity contribution in [1.82, 2.24) is 29.6 Å². The molecule has 1 spiro atoms. The first-order valence-electron chi connectivity index (χ1n) is 11.2. The van der Waals surface area contributed by atoms with Crippen molar-refractivity contribution in [3.05, 3.63) is 36.3 Å². The second-order valence-electron chi connectivity index (χ2n) is 8.95. The van der Waals surface area contributed by atoms with Crippen molar-refractivity contribution in [2.45, 2.75) is 45.4 Å². The van der Waals surface area contributed by atoms with Gasteiger partial charge in [-0.15, -0.1) is 0 Å². The van der Waals surface area contributed by atoms with E-state index in [2.05, 4.69) is 24.8 Å². The summed E-state index contributed by atoms with van der Waals surface area (Å²) in [6.45, 7) is -1.36. The Kier molecular flexibility index (Phi) is 6.15. The largest absolute Gasteiger partial charge is 0.417 e. The zero-order valence-electron chi connectivity index (χ0n) is 18.7. The normalized spacial score (nSPS) is 17.9. The number of anilines is 1. The van der Waals surface area contributed by atoms with E-state index in [0.717, 1.165) is 17.5 Å². The predicted octanol–water partition coefficient (Wildman–Crippen LogP) is 3.11. The van der Waals surface area contributed by atoms with Crippen molar-refractivity contribution in [2.75, 3.05) is 24.5 Å². The topological polar surface area (TPSA) is 89.3 Å². The third-order valence-corrected chi connectivity index (χ3v) is 6.58. The maximum Gasteiger partial charge on any atom is 0.388 e. The average molecular weight is 493 g/mol. The third kappa shape index (κ3) is 4.98. The molecule has 186 valence electrons. The van der Waals surface area contributed by atoms with Crippen molar-refractivity contribution in [3.63, 3.8) is 0 Å². The molecule has 0 bridgehead atoms. The van der Waals surface area contributed by atoms with Gasteiger partial charge in [0.05, 0.1) is 12.4 Å². The molecule has 5 rings (SSSR count). The van der Waals surface area contributed by atoms with E-state index in [1.807, 2.05) is 4.90 Å². The lowest BCUT2D eigenvalue weighted by Gasteiger charge is -2.39. The Hall–Kier alpha value is -3.51. The number of hydrogen-bond acceptors (Lipinski definition) is 7. The summed E-state index contributed by atoms with van der Waals surface area (Å²) in [5.41, 5.74) is 1.26. The number of aromatic nitrogens is 5. The Bertz CT molecular complexity index is 1210. The van der Waals surface area contributed by atoms with Gasteiger partial charge in [0.1, 0.15) is 17.9 Å². The molecule has 0 aromatic carbocycles. The Balaban J connectivity index is 1.23. The molecule has 0 aliphatic carbocycles. The van der Waals surface area contributed by atoms with E-state index in [4.69, 9.17) is 0 Å². The van der Waals surface area contributed by atoms with Gasteiger partial charge in [0.25, 0.3) is 6.43 Å². The Morgan fingerprint density at radius 3 is 2.66 bits per heavy atom. The second-order valence-corrected chi connectivity index (χ2v) is 8.95. The van der Waals surface area contributed by atoms with E-state index in [-0.39, 0.29) is 17.2 Å². The molecule has 3 aromatic heterocycles. The van der Waals surface area contributed by atoms with Crippen LogP contribution in [0, 0.1) is 5.41 Å². The van der Waals surface area contributed by atoms with Gasteiger partial charge in [-0.25, -0.2) is 28.4 Å². The molecule has 2 aliphatic rings. The number of halogens is 4. The highest BCUT2D eigenvalue weighted by Crippen LogP contribution is 2.42. The summed E-state index contributed by atoms with van der Waals surface area (Å²) in [6, 6.07) is 3.09. The summed E-state index contributed by atoms with van der Waals surface area (Å²) < 4.78 is 56.1. The van der Waals surface area contributed by atoms with Crippen LogP contribution in [-0.2, 0) is 17.9 Å². The van der Waals surface area contributed by atoms with E-state index in [1.165, 1.54) is 18.5 Å². The summed E-state index contributed by atoms with van der Waals surface area (Å²) in [5, 5.41) is 3.95. The van der Waals surface area contributed by atoms with Crippen LogP contribution in [0.5, 0.6) is 5.88 Å². The van der Waals surface area contributed by atoms with Gasteiger partial charge < -0.3 is 14.5 Å². The SMILES string of the molecule is O=C1CC2(CCN(c3cnc4cnn(CC(F)F)c4n3)CC2)CN1Cc1ccnc(OC(F)F)c1. The van der Waals surface area contributed by atoms with Gasteiger partial charge in [-0.05, 0) is 24.5 Å². The van der Waals surface area contributed by atoms with Gasteiger partial charge in [0.2, 0.25) is 11.8 Å². The number of carbonyl (C=O) groups is 1. The number of nitrogens with zero attached hydrogens (tertiary/aromatic N) is 7. The van der Waals surface area contributed by atoms with E-state index >= 15 is 0 Å². The first-order chi connectivity index (χ1) is 16.8. The number of amides is 1. The summed E-state index contributed by atoms with van der Waals surface area (Å²) >= 11 is 0. The van der Waals surface area contributed by atoms with E-state index in [9.17, 15) is 22.4 Å². The molecule has 2 aliphatic heterocycles. The van der Waals surface area contributed by atoms with Crippen molar-refractivity contribution in [1.29, 1.82) is 0 Å². The van der Waals surface area contributed by atoms with Crippen LogP contribution in [-0.4, -0.2) is 68.2 Å². The highest BCUT2D eigenvalue weighted by molar-refractivity contribution is 5.79. The number of piperidine rings is 1. The monoisotopic (exact) mass is 493 g/mol. The fraction of sp³-hybridized carbons (Fsp3) is 0.500. The Morgan fingerprint density at radius 1 is 1.11 bits per heavy atom. The number of carbonyl (C=O) groups excluding carboxylic acids is 1.